The van der Waals surface area contributed by atoms with Gasteiger partial charge in [0, 0.05) is 18.6 Å². The molecule has 0 radical (unpaired) electrons. The van der Waals surface area contributed by atoms with Gasteiger partial charge in [0.25, 0.3) is 0 Å². The van der Waals surface area contributed by atoms with Gasteiger partial charge in [-0.2, -0.15) is 0 Å². The summed E-state index contributed by atoms with van der Waals surface area (Å²) in [5.41, 5.74) is 1.35. The molecule has 1 aliphatic rings. The number of hydrogen-bond acceptors (Lipinski definition) is 3. The summed E-state index contributed by atoms with van der Waals surface area (Å²) >= 11 is 0. The molecule has 2 atom stereocenters. The van der Waals surface area contributed by atoms with Gasteiger partial charge < -0.3 is 14.8 Å². The van der Waals surface area contributed by atoms with Crippen molar-refractivity contribution in [2.24, 2.45) is 5.92 Å². The standard InChI is InChI=1S/C17H27NO2/c1-3-10-18-17(15-9-12-19-13-15)14-5-7-16(8-6-14)20-11-4-2/h5-8,15,17-18H,3-4,9-13H2,1-2H3. The minimum Gasteiger partial charge on any atom is -0.494 e. The maximum absolute atomic E-state index is 5.65. The van der Waals surface area contributed by atoms with Crippen molar-refractivity contribution in [2.75, 3.05) is 26.4 Å². The molecule has 0 aromatic heterocycles. The van der Waals surface area contributed by atoms with E-state index in [1.165, 1.54) is 5.56 Å². The highest BCUT2D eigenvalue weighted by atomic mass is 16.5. The van der Waals surface area contributed by atoms with Gasteiger partial charge in [-0.25, -0.2) is 0 Å². The summed E-state index contributed by atoms with van der Waals surface area (Å²) in [5.74, 6) is 1.55. The van der Waals surface area contributed by atoms with Gasteiger partial charge in [-0.3, -0.25) is 0 Å². The van der Waals surface area contributed by atoms with E-state index in [1.807, 2.05) is 0 Å². The Kier molecular flexibility index (Phi) is 6.34. The molecule has 20 heavy (non-hydrogen) atoms. The van der Waals surface area contributed by atoms with Gasteiger partial charge in [0.05, 0.1) is 13.2 Å². The van der Waals surface area contributed by atoms with Crippen LogP contribution >= 0.6 is 0 Å². The lowest BCUT2D eigenvalue weighted by molar-refractivity contribution is 0.176. The topological polar surface area (TPSA) is 30.5 Å². The van der Waals surface area contributed by atoms with Crippen molar-refractivity contribution in [3.63, 3.8) is 0 Å². The maximum Gasteiger partial charge on any atom is 0.119 e. The van der Waals surface area contributed by atoms with E-state index in [1.54, 1.807) is 0 Å². The number of ether oxygens (including phenoxy) is 2. The van der Waals surface area contributed by atoms with Crippen molar-refractivity contribution in [1.82, 2.24) is 5.32 Å². The fourth-order valence-corrected chi connectivity index (χ4v) is 2.66. The maximum atomic E-state index is 5.65. The van der Waals surface area contributed by atoms with Gasteiger partial charge in [0.2, 0.25) is 0 Å². The Morgan fingerprint density at radius 2 is 2.05 bits per heavy atom. The summed E-state index contributed by atoms with van der Waals surface area (Å²) in [6, 6.07) is 8.95. The molecule has 3 heteroatoms. The van der Waals surface area contributed by atoms with Crippen LogP contribution < -0.4 is 10.1 Å². The molecule has 0 amide bonds. The molecule has 1 aromatic carbocycles. The second-order valence-corrected chi connectivity index (χ2v) is 5.47. The van der Waals surface area contributed by atoms with E-state index < -0.39 is 0 Å². The number of nitrogens with one attached hydrogen (secondary N) is 1. The monoisotopic (exact) mass is 277 g/mol. The number of hydrogen-bond donors (Lipinski definition) is 1. The minimum atomic E-state index is 0.401. The van der Waals surface area contributed by atoms with Crippen LogP contribution in [0.5, 0.6) is 5.75 Å². The van der Waals surface area contributed by atoms with E-state index in [2.05, 4.69) is 43.4 Å². The van der Waals surface area contributed by atoms with E-state index in [9.17, 15) is 0 Å². The molecule has 2 unspecified atom stereocenters. The van der Waals surface area contributed by atoms with Crippen molar-refractivity contribution in [3.05, 3.63) is 29.8 Å². The van der Waals surface area contributed by atoms with Crippen LogP contribution in [0.15, 0.2) is 24.3 Å². The molecule has 1 heterocycles. The number of rotatable bonds is 8. The van der Waals surface area contributed by atoms with Crippen LogP contribution in [-0.4, -0.2) is 26.4 Å². The average Bonchev–Trinajstić information content (AvgIpc) is 3.01. The minimum absolute atomic E-state index is 0.401. The van der Waals surface area contributed by atoms with Gasteiger partial charge in [-0.05, 0) is 43.5 Å². The molecule has 3 nitrogen and oxygen atoms in total. The zero-order chi connectivity index (χ0) is 14.2. The largest absolute Gasteiger partial charge is 0.494 e. The molecule has 0 spiro atoms. The molecule has 1 saturated heterocycles. The molecule has 2 rings (SSSR count). The molecule has 0 bridgehead atoms. The van der Waals surface area contributed by atoms with Gasteiger partial charge in [0.1, 0.15) is 5.75 Å². The molecule has 0 aliphatic carbocycles. The van der Waals surface area contributed by atoms with E-state index in [0.717, 1.165) is 51.4 Å². The zero-order valence-electron chi connectivity index (χ0n) is 12.7. The Bertz CT molecular complexity index is 371. The Labute approximate surface area is 122 Å². The third-order valence-corrected chi connectivity index (χ3v) is 3.76. The lowest BCUT2D eigenvalue weighted by Crippen LogP contribution is -2.29. The predicted molar refractivity (Wildman–Crippen MR) is 82.2 cm³/mol. The Morgan fingerprint density at radius 1 is 1.25 bits per heavy atom. The molecular weight excluding hydrogens is 250 g/mol. The van der Waals surface area contributed by atoms with Crippen LogP contribution in [0.1, 0.15) is 44.7 Å². The summed E-state index contributed by atoms with van der Waals surface area (Å²) in [4.78, 5) is 0. The highest BCUT2D eigenvalue weighted by Crippen LogP contribution is 2.29. The first-order chi connectivity index (χ1) is 9.85. The molecule has 1 aromatic rings. The van der Waals surface area contributed by atoms with E-state index in [-0.39, 0.29) is 0 Å². The third-order valence-electron chi connectivity index (χ3n) is 3.76. The second kappa shape index (κ2) is 8.28. The first-order valence-corrected chi connectivity index (χ1v) is 7.89. The van der Waals surface area contributed by atoms with Crippen molar-refractivity contribution in [3.8, 4) is 5.75 Å². The number of benzene rings is 1. The van der Waals surface area contributed by atoms with Crippen LogP contribution in [0.25, 0.3) is 0 Å². The zero-order valence-corrected chi connectivity index (χ0v) is 12.7. The van der Waals surface area contributed by atoms with Crippen molar-refractivity contribution in [1.29, 1.82) is 0 Å². The summed E-state index contributed by atoms with van der Waals surface area (Å²) in [6.45, 7) is 7.93. The first kappa shape index (κ1) is 15.3. The van der Waals surface area contributed by atoms with Gasteiger partial charge in [-0.1, -0.05) is 26.0 Å². The summed E-state index contributed by atoms with van der Waals surface area (Å²) in [5, 5.41) is 3.67. The van der Waals surface area contributed by atoms with Crippen LogP contribution in [0.4, 0.5) is 0 Å². The molecule has 1 aliphatic heterocycles. The molecule has 112 valence electrons. The van der Waals surface area contributed by atoms with E-state index in [0.29, 0.717) is 12.0 Å². The SMILES string of the molecule is CCCNC(c1ccc(OCCC)cc1)C1CCOC1. The highest BCUT2D eigenvalue weighted by Gasteiger charge is 2.26. The van der Waals surface area contributed by atoms with E-state index >= 15 is 0 Å². The lowest BCUT2D eigenvalue weighted by atomic mass is 9.92. The Balaban J connectivity index is 2.03. The van der Waals surface area contributed by atoms with Crippen molar-refractivity contribution in [2.45, 2.75) is 39.2 Å². The summed E-state index contributed by atoms with van der Waals surface area (Å²) < 4.78 is 11.2. The Hall–Kier alpha value is -1.06. The third kappa shape index (κ3) is 4.22. The first-order valence-electron chi connectivity index (χ1n) is 7.89. The van der Waals surface area contributed by atoms with Crippen molar-refractivity contribution >= 4 is 0 Å². The Morgan fingerprint density at radius 3 is 2.65 bits per heavy atom. The molecular formula is C17H27NO2. The summed E-state index contributed by atoms with van der Waals surface area (Å²) in [6.07, 6.45) is 3.35. The average molecular weight is 277 g/mol. The van der Waals surface area contributed by atoms with Crippen molar-refractivity contribution < 1.29 is 9.47 Å². The smallest absolute Gasteiger partial charge is 0.119 e. The molecule has 1 fully saturated rings. The fraction of sp³-hybridized carbons (Fsp3) is 0.647. The predicted octanol–water partition coefficient (Wildman–Crippen LogP) is 3.55. The van der Waals surface area contributed by atoms with E-state index in [4.69, 9.17) is 9.47 Å². The molecule has 1 N–H and O–H groups in total. The lowest BCUT2D eigenvalue weighted by Gasteiger charge is -2.24. The van der Waals surface area contributed by atoms with Crippen LogP contribution in [0.2, 0.25) is 0 Å². The second-order valence-electron chi connectivity index (χ2n) is 5.47. The normalized spacial score (nSPS) is 20.0. The fourth-order valence-electron chi connectivity index (χ4n) is 2.66. The molecule has 0 saturated carbocycles. The van der Waals surface area contributed by atoms with Crippen LogP contribution in [0, 0.1) is 5.92 Å². The quantitative estimate of drug-likeness (QED) is 0.788. The van der Waals surface area contributed by atoms with Gasteiger partial charge >= 0.3 is 0 Å². The van der Waals surface area contributed by atoms with Gasteiger partial charge in [0.15, 0.2) is 0 Å². The highest BCUT2D eigenvalue weighted by molar-refractivity contribution is 5.29. The van der Waals surface area contributed by atoms with Crippen LogP contribution in [0.3, 0.4) is 0 Å². The van der Waals surface area contributed by atoms with Crippen LogP contribution in [-0.2, 0) is 4.74 Å². The summed E-state index contributed by atoms with van der Waals surface area (Å²) in [7, 11) is 0. The van der Waals surface area contributed by atoms with Gasteiger partial charge in [-0.15, -0.1) is 0 Å².